The van der Waals surface area contributed by atoms with Gasteiger partial charge in [-0.3, -0.25) is 4.79 Å². The number of hydrogen-bond acceptors (Lipinski definition) is 4. The van der Waals surface area contributed by atoms with Gasteiger partial charge in [-0.1, -0.05) is 0 Å². The third-order valence-corrected chi connectivity index (χ3v) is 2.50. The van der Waals surface area contributed by atoms with Gasteiger partial charge in [-0.05, 0) is 35.0 Å². The van der Waals surface area contributed by atoms with Crippen LogP contribution in [0.4, 0.5) is 5.82 Å². The molecule has 1 aromatic rings. The van der Waals surface area contributed by atoms with Gasteiger partial charge in [-0.2, -0.15) is 0 Å². The van der Waals surface area contributed by atoms with Gasteiger partial charge in [0.2, 0.25) is 0 Å². The number of hydrogen-bond donors (Lipinski definition) is 1. The highest BCUT2D eigenvalue weighted by atomic mass is 79.9. The number of ether oxygens (including phenoxy) is 1. The molecule has 14 heavy (non-hydrogen) atoms. The highest BCUT2D eigenvalue weighted by molar-refractivity contribution is 9.10. The quantitative estimate of drug-likeness (QED) is 0.840. The van der Waals surface area contributed by atoms with Crippen LogP contribution in [0.2, 0.25) is 0 Å². The van der Waals surface area contributed by atoms with E-state index in [9.17, 15) is 4.79 Å². The van der Waals surface area contributed by atoms with Gasteiger partial charge in [-0.15, -0.1) is 0 Å². The number of methoxy groups -OCH3 is 1. The Morgan fingerprint density at radius 3 is 2.93 bits per heavy atom. The summed E-state index contributed by atoms with van der Waals surface area (Å²) in [6, 6.07) is 3.67. The fourth-order valence-electron chi connectivity index (χ4n) is 0.877. The predicted molar refractivity (Wildman–Crippen MR) is 57.2 cm³/mol. The first kappa shape index (κ1) is 11.0. The molecule has 0 atom stereocenters. The molecule has 0 aliphatic rings. The summed E-state index contributed by atoms with van der Waals surface area (Å²) in [6.07, 6.45) is 0. The smallest absolute Gasteiger partial charge is 0.325 e. The minimum Gasteiger partial charge on any atom is -0.468 e. The van der Waals surface area contributed by atoms with Gasteiger partial charge in [0, 0.05) is 4.47 Å². The van der Waals surface area contributed by atoms with Gasteiger partial charge < -0.3 is 10.1 Å². The first-order valence-corrected chi connectivity index (χ1v) is 4.86. The molecule has 0 aliphatic heterocycles. The van der Waals surface area contributed by atoms with E-state index in [2.05, 4.69) is 31.0 Å². The van der Waals surface area contributed by atoms with Crippen LogP contribution in [-0.4, -0.2) is 24.6 Å². The summed E-state index contributed by atoms with van der Waals surface area (Å²) in [6.45, 7) is 2.01. The molecule has 4 nitrogen and oxygen atoms in total. The second kappa shape index (κ2) is 4.95. The standard InChI is InChI=1S/C9H11BrN2O2/c1-6-7(10)3-4-8(12-6)11-5-9(13)14-2/h3-4H,5H2,1-2H3,(H,11,12). The van der Waals surface area contributed by atoms with E-state index in [1.165, 1.54) is 7.11 Å². The lowest BCUT2D eigenvalue weighted by Crippen LogP contribution is -2.15. The Balaban J connectivity index is 2.60. The molecule has 0 aromatic carbocycles. The molecule has 0 amide bonds. The predicted octanol–water partition coefficient (Wildman–Crippen LogP) is 1.74. The second-order valence-electron chi connectivity index (χ2n) is 2.69. The molecule has 1 N–H and O–H groups in total. The van der Waals surface area contributed by atoms with E-state index in [4.69, 9.17) is 0 Å². The number of pyridine rings is 1. The van der Waals surface area contributed by atoms with Gasteiger partial charge >= 0.3 is 5.97 Å². The molecule has 0 saturated heterocycles. The van der Waals surface area contributed by atoms with E-state index in [1.54, 1.807) is 6.07 Å². The number of halogens is 1. The van der Waals surface area contributed by atoms with Crippen molar-refractivity contribution < 1.29 is 9.53 Å². The van der Waals surface area contributed by atoms with Crippen LogP contribution in [0.25, 0.3) is 0 Å². The minimum atomic E-state index is -0.313. The van der Waals surface area contributed by atoms with Crippen LogP contribution >= 0.6 is 15.9 Å². The summed E-state index contributed by atoms with van der Waals surface area (Å²) in [5.41, 5.74) is 0.875. The fraction of sp³-hybridized carbons (Fsp3) is 0.333. The molecule has 0 saturated carbocycles. The molecule has 1 heterocycles. The van der Waals surface area contributed by atoms with E-state index in [0.29, 0.717) is 5.82 Å². The number of aromatic nitrogens is 1. The summed E-state index contributed by atoms with van der Waals surface area (Å²) in [5.74, 6) is 0.350. The maximum absolute atomic E-state index is 10.8. The average molecular weight is 259 g/mol. The number of rotatable bonds is 3. The van der Waals surface area contributed by atoms with Crippen molar-refractivity contribution in [2.45, 2.75) is 6.92 Å². The Labute approximate surface area is 90.8 Å². The topological polar surface area (TPSA) is 51.2 Å². The zero-order valence-electron chi connectivity index (χ0n) is 8.00. The Hall–Kier alpha value is -1.10. The second-order valence-corrected chi connectivity index (χ2v) is 3.55. The molecular formula is C9H11BrN2O2. The van der Waals surface area contributed by atoms with Crippen molar-refractivity contribution in [2.24, 2.45) is 0 Å². The Morgan fingerprint density at radius 1 is 1.64 bits per heavy atom. The van der Waals surface area contributed by atoms with E-state index < -0.39 is 0 Å². The van der Waals surface area contributed by atoms with Gasteiger partial charge in [0.15, 0.2) is 0 Å². The monoisotopic (exact) mass is 258 g/mol. The molecule has 5 heteroatoms. The van der Waals surface area contributed by atoms with Crippen molar-refractivity contribution in [1.82, 2.24) is 4.98 Å². The number of esters is 1. The molecule has 1 rings (SSSR count). The van der Waals surface area contributed by atoms with Crippen molar-refractivity contribution >= 4 is 27.7 Å². The zero-order chi connectivity index (χ0) is 10.6. The first-order valence-electron chi connectivity index (χ1n) is 4.07. The van der Waals surface area contributed by atoms with E-state index in [-0.39, 0.29) is 12.5 Å². The molecule has 76 valence electrons. The number of carbonyl (C=O) groups excluding carboxylic acids is 1. The summed E-state index contributed by atoms with van der Waals surface area (Å²) >= 11 is 3.34. The number of nitrogens with zero attached hydrogens (tertiary/aromatic N) is 1. The Morgan fingerprint density at radius 2 is 2.36 bits per heavy atom. The highest BCUT2D eigenvalue weighted by Gasteiger charge is 2.01. The van der Waals surface area contributed by atoms with Crippen LogP contribution < -0.4 is 5.32 Å². The highest BCUT2D eigenvalue weighted by Crippen LogP contribution is 2.15. The summed E-state index contributed by atoms with van der Waals surface area (Å²) in [7, 11) is 1.35. The van der Waals surface area contributed by atoms with Gasteiger partial charge in [0.1, 0.15) is 12.4 Å². The van der Waals surface area contributed by atoms with Crippen molar-refractivity contribution in [1.29, 1.82) is 0 Å². The molecule has 0 unspecified atom stereocenters. The molecule has 0 bridgehead atoms. The van der Waals surface area contributed by atoms with Crippen molar-refractivity contribution in [3.8, 4) is 0 Å². The zero-order valence-corrected chi connectivity index (χ0v) is 9.59. The van der Waals surface area contributed by atoms with Crippen molar-refractivity contribution in [3.63, 3.8) is 0 Å². The fourth-order valence-corrected chi connectivity index (χ4v) is 1.10. The number of carbonyl (C=O) groups is 1. The van der Waals surface area contributed by atoms with E-state index >= 15 is 0 Å². The van der Waals surface area contributed by atoms with Crippen LogP contribution in [0.1, 0.15) is 5.69 Å². The number of nitrogens with one attached hydrogen (secondary N) is 1. The van der Waals surface area contributed by atoms with Gasteiger partial charge in [-0.25, -0.2) is 4.98 Å². The van der Waals surface area contributed by atoms with Crippen LogP contribution in [0.15, 0.2) is 16.6 Å². The largest absolute Gasteiger partial charge is 0.468 e. The van der Waals surface area contributed by atoms with E-state index in [1.807, 2.05) is 13.0 Å². The molecule has 1 aromatic heterocycles. The number of aryl methyl sites for hydroxylation is 1. The summed E-state index contributed by atoms with van der Waals surface area (Å²) in [4.78, 5) is 15.0. The van der Waals surface area contributed by atoms with Crippen LogP contribution in [0, 0.1) is 6.92 Å². The summed E-state index contributed by atoms with van der Waals surface area (Å²) in [5, 5.41) is 2.86. The van der Waals surface area contributed by atoms with E-state index in [0.717, 1.165) is 10.2 Å². The summed E-state index contributed by atoms with van der Waals surface area (Å²) < 4.78 is 5.43. The maximum Gasteiger partial charge on any atom is 0.325 e. The average Bonchev–Trinajstić information content (AvgIpc) is 2.19. The van der Waals surface area contributed by atoms with Crippen molar-refractivity contribution in [3.05, 3.63) is 22.3 Å². The third kappa shape index (κ3) is 2.99. The normalized spacial score (nSPS) is 9.64. The lowest BCUT2D eigenvalue weighted by molar-refractivity contribution is -0.138. The van der Waals surface area contributed by atoms with Crippen LogP contribution in [-0.2, 0) is 9.53 Å². The lowest BCUT2D eigenvalue weighted by atomic mass is 10.4. The van der Waals surface area contributed by atoms with Crippen LogP contribution in [0.3, 0.4) is 0 Å². The Bertz CT molecular complexity index is 342. The maximum atomic E-state index is 10.8. The SMILES string of the molecule is COC(=O)CNc1ccc(Br)c(C)n1. The van der Waals surface area contributed by atoms with Gasteiger partial charge in [0.05, 0.1) is 12.8 Å². The molecule has 0 spiro atoms. The van der Waals surface area contributed by atoms with Crippen molar-refractivity contribution in [2.75, 3.05) is 19.0 Å². The molecule has 0 fully saturated rings. The number of anilines is 1. The molecular weight excluding hydrogens is 248 g/mol. The lowest BCUT2D eigenvalue weighted by Gasteiger charge is -2.05. The van der Waals surface area contributed by atoms with Crippen LogP contribution in [0.5, 0.6) is 0 Å². The van der Waals surface area contributed by atoms with Gasteiger partial charge in [0.25, 0.3) is 0 Å². The first-order chi connectivity index (χ1) is 6.63. The Kier molecular flexibility index (Phi) is 3.88. The third-order valence-electron chi connectivity index (χ3n) is 1.66. The molecule has 0 radical (unpaired) electrons. The minimum absolute atomic E-state index is 0.130. The molecule has 0 aliphatic carbocycles.